The number of quaternary nitrogens is 1. The van der Waals surface area contributed by atoms with E-state index in [1.165, 1.54) is 0 Å². The van der Waals surface area contributed by atoms with Gasteiger partial charge in [0.1, 0.15) is 5.75 Å². The summed E-state index contributed by atoms with van der Waals surface area (Å²) in [5.74, 6) is 0.358. The van der Waals surface area contributed by atoms with Crippen molar-refractivity contribution in [2.45, 2.75) is 6.42 Å². The number of hydrogen-bond donors (Lipinski definition) is 3. The van der Waals surface area contributed by atoms with Crippen LogP contribution in [0.1, 0.15) is 5.56 Å². The van der Waals surface area contributed by atoms with Crippen LogP contribution >= 0.6 is 0 Å². The van der Waals surface area contributed by atoms with Gasteiger partial charge in [0, 0.05) is 11.4 Å². The second-order valence-corrected chi connectivity index (χ2v) is 6.17. The van der Waals surface area contributed by atoms with Crippen molar-refractivity contribution in [2.24, 2.45) is 0 Å². The average Bonchev–Trinajstić information content (AvgIpc) is 2.64. The standard InChI is InChI=1S/C20H22N4O3/c1-24(14-20(26)23-17-7-9-18(27-2)10-8-17)13-19(25)22-16-5-3-15(4-6-16)11-12-21/h3-10H,11,13-14H2,1-2H3,(H,22,25)(H,23,26)/p+1. The minimum Gasteiger partial charge on any atom is -0.497 e. The van der Waals surface area contributed by atoms with E-state index in [9.17, 15) is 9.59 Å². The third-order valence-corrected chi connectivity index (χ3v) is 3.82. The number of carbonyl (C=O) groups is 2. The predicted octanol–water partition coefficient (Wildman–Crippen LogP) is 0.853. The number of ether oxygens (including phenoxy) is 1. The topological polar surface area (TPSA) is 95.7 Å². The molecule has 2 amide bonds. The number of benzene rings is 2. The van der Waals surface area contributed by atoms with Gasteiger partial charge in [-0.25, -0.2) is 0 Å². The summed E-state index contributed by atoms with van der Waals surface area (Å²) in [4.78, 5) is 25.0. The molecule has 2 aromatic rings. The van der Waals surface area contributed by atoms with Crippen LogP contribution < -0.4 is 20.3 Å². The van der Waals surface area contributed by atoms with E-state index >= 15 is 0 Å². The summed E-state index contributed by atoms with van der Waals surface area (Å²) in [6, 6.07) is 16.3. The van der Waals surface area contributed by atoms with Crippen molar-refractivity contribution in [3.05, 3.63) is 54.1 Å². The molecule has 7 heteroatoms. The summed E-state index contributed by atoms with van der Waals surface area (Å²) in [7, 11) is 3.36. The summed E-state index contributed by atoms with van der Waals surface area (Å²) >= 11 is 0. The lowest BCUT2D eigenvalue weighted by Crippen LogP contribution is -3.11. The molecule has 27 heavy (non-hydrogen) atoms. The van der Waals surface area contributed by atoms with Gasteiger partial charge in [-0.1, -0.05) is 12.1 Å². The van der Waals surface area contributed by atoms with Gasteiger partial charge in [-0.3, -0.25) is 9.59 Å². The second-order valence-electron chi connectivity index (χ2n) is 6.17. The van der Waals surface area contributed by atoms with Crippen LogP contribution in [0.5, 0.6) is 5.75 Å². The van der Waals surface area contributed by atoms with Crippen LogP contribution in [0.3, 0.4) is 0 Å². The van der Waals surface area contributed by atoms with Gasteiger partial charge in [0.05, 0.1) is 26.6 Å². The molecule has 0 aliphatic heterocycles. The summed E-state index contributed by atoms with van der Waals surface area (Å²) in [6.07, 6.45) is 0.338. The molecule has 2 aromatic carbocycles. The quantitative estimate of drug-likeness (QED) is 0.645. The molecule has 140 valence electrons. The lowest BCUT2D eigenvalue weighted by molar-refractivity contribution is -0.862. The van der Waals surface area contributed by atoms with Crippen molar-refractivity contribution in [3.8, 4) is 11.8 Å². The molecule has 0 aliphatic carbocycles. The molecular formula is C20H23N4O3+. The monoisotopic (exact) mass is 367 g/mol. The minimum atomic E-state index is -0.183. The van der Waals surface area contributed by atoms with E-state index in [1.54, 1.807) is 62.7 Å². The first-order chi connectivity index (χ1) is 13.0. The van der Waals surface area contributed by atoms with Gasteiger partial charge in [0.2, 0.25) is 0 Å². The van der Waals surface area contributed by atoms with Gasteiger partial charge in [0.15, 0.2) is 13.1 Å². The van der Waals surface area contributed by atoms with Gasteiger partial charge in [-0.2, -0.15) is 5.26 Å². The molecule has 1 unspecified atom stereocenters. The first kappa shape index (κ1) is 19.9. The molecule has 0 saturated heterocycles. The van der Waals surface area contributed by atoms with Crippen LogP contribution in [0.4, 0.5) is 11.4 Å². The summed E-state index contributed by atoms with van der Waals surface area (Å²) in [5.41, 5.74) is 2.24. The maximum absolute atomic E-state index is 12.1. The third-order valence-electron chi connectivity index (χ3n) is 3.82. The Morgan fingerprint density at radius 2 is 1.44 bits per heavy atom. The Morgan fingerprint density at radius 3 is 1.89 bits per heavy atom. The molecule has 1 atom stereocenters. The van der Waals surface area contributed by atoms with Gasteiger partial charge in [-0.15, -0.1) is 0 Å². The highest BCUT2D eigenvalue weighted by Gasteiger charge is 2.14. The molecule has 0 bridgehead atoms. The van der Waals surface area contributed by atoms with E-state index < -0.39 is 0 Å². The van der Waals surface area contributed by atoms with E-state index in [0.29, 0.717) is 23.5 Å². The number of rotatable bonds is 8. The Labute approximate surface area is 158 Å². The van der Waals surface area contributed by atoms with Crippen LogP contribution in [0.15, 0.2) is 48.5 Å². The normalized spacial score (nSPS) is 11.1. The van der Waals surface area contributed by atoms with Crippen molar-refractivity contribution in [1.82, 2.24) is 0 Å². The zero-order chi connectivity index (χ0) is 19.6. The van der Waals surface area contributed by atoms with Gasteiger partial charge < -0.3 is 20.3 Å². The second kappa shape index (κ2) is 9.94. The van der Waals surface area contributed by atoms with Crippen molar-refractivity contribution in [2.75, 3.05) is 37.9 Å². The van der Waals surface area contributed by atoms with Crippen LogP contribution in [-0.4, -0.2) is 39.1 Å². The summed E-state index contributed by atoms with van der Waals surface area (Å²) in [5, 5.41) is 14.2. The lowest BCUT2D eigenvalue weighted by atomic mass is 10.1. The number of nitrogens with one attached hydrogen (secondary N) is 3. The predicted molar refractivity (Wildman–Crippen MR) is 103 cm³/mol. The molecule has 2 rings (SSSR count). The van der Waals surface area contributed by atoms with Crippen LogP contribution in [-0.2, 0) is 16.0 Å². The van der Waals surface area contributed by atoms with Crippen molar-refractivity contribution in [1.29, 1.82) is 5.26 Å². The average molecular weight is 367 g/mol. The molecule has 7 nitrogen and oxygen atoms in total. The number of nitrogens with zero attached hydrogens (tertiary/aromatic N) is 1. The fourth-order valence-electron chi connectivity index (χ4n) is 2.49. The number of hydrogen-bond acceptors (Lipinski definition) is 4. The maximum Gasteiger partial charge on any atom is 0.279 e. The molecule has 3 N–H and O–H groups in total. The zero-order valence-electron chi connectivity index (χ0n) is 15.4. The highest BCUT2D eigenvalue weighted by molar-refractivity contribution is 5.93. The van der Waals surface area contributed by atoms with E-state index in [0.717, 1.165) is 10.5 Å². The molecule has 0 spiro atoms. The number of methoxy groups -OCH3 is 1. The van der Waals surface area contributed by atoms with Crippen molar-refractivity contribution >= 4 is 23.2 Å². The van der Waals surface area contributed by atoms with E-state index in [1.807, 2.05) is 0 Å². The lowest BCUT2D eigenvalue weighted by Gasteiger charge is -2.14. The van der Waals surface area contributed by atoms with E-state index in [4.69, 9.17) is 10.00 Å². The number of amides is 2. The number of likely N-dealkylation sites (N-methyl/N-ethyl adjacent to an activating group) is 1. The van der Waals surface area contributed by atoms with Crippen LogP contribution in [0, 0.1) is 11.3 Å². The molecule has 0 aliphatic rings. The Balaban J connectivity index is 1.77. The SMILES string of the molecule is COc1ccc(NC(=O)C[NH+](C)CC(=O)Nc2ccc(CC#N)cc2)cc1. The third kappa shape index (κ3) is 6.80. The van der Waals surface area contributed by atoms with Crippen molar-refractivity contribution in [3.63, 3.8) is 0 Å². The molecule has 0 heterocycles. The highest BCUT2D eigenvalue weighted by Crippen LogP contribution is 2.14. The van der Waals surface area contributed by atoms with Crippen LogP contribution in [0.2, 0.25) is 0 Å². The van der Waals surface area contributed by atoms with Gasteiger partial charge in [-0.05, 0) is 42.0 Å². The number of nitriles is 1. The van der Waals surface area contributed by atoms with Crippen LogP contribution in [0.25, 0.3) is 0 Å². The molecule has 0 fully saturated rings. The van der Waals surface area contributed by atoms with E-state index in [-0.39, 0.29) is 24.9 Å². The van der Waals surface area contributed by atoms with Crippen molar-refractivity contribution < 1.29 is 19.2 Å². The Bertz CT molecular complexity index is 811. The van der Waals surface area contributed by atoms with E-state index in [2.05, 4.69) is 16.7 Å². The smallest absolute Gasteiger partial charge is 0.279 e. The largest absolute Gasteiger partial charge is 0.497 e. The Hall–Kier alpha value is -3.37. The van der Waals surface area contributed by atoms with Gasteiger partial charge >= 0.3 is 0 Å². The van der Waals surface area contributed by atoms with Gasteiger partial charge in [0.25, 0.3) is 11.8 Å². The molecular weight excluding hydrogens is 344 g/mol. The molecule has 0 radical (unpaired) electrons. The minimum absolute atomic E-state index is 0.163. The fraction of sp³-hybridized carbons (Fsp3) is 0.250. The number of anilines is 2. The zero-order valence-corrected chi connectivity index (χ0v) is 15.4. The molecule has 0 aromatic heterocycles. The maximum atomic E-state index is 12.1. The summed E-state index contributed by atoms with van der Waals surface area (Å²) in [6.45, 7) is 0.330. The first-order valence-electron chi connectivity index (χ1n) is 8.51. The first-order valence-corrected chi connectivity index (χ1v) is 8.51. The highest BCUT2D eigenvalue weighted by atomic mass is 16.5. The molecule has 0 saturated carbocycles. The fourth-order valence-corrected chi connectivity index (χ4v) is 2.49. The Kier molecular flexibility index (Phi) is 7.35. The summed E-state index contributed by atoms with van der Waals surface area (Å²) < 4.78 is 5.07. The Morgan fingerprint density at radius 1 is 0.963 bits per heavy atom. The number of carbonyl (C=O) groups excluding carboxylic acids is 2.